The first kappa shape index (κ1) is 73.0. The lowest BCUT2D eigenvalue weighted by Gasteiger charge is -2.38. The number of likely N-dealkylation sites (N-methyl/N-ethyl adjacent to an activating group) is 1. The Morgan fingerprint density at radius 1 is 0.368 bits per heavy atom. The molecule has 13 nitrogen and oxygen atoms in total. The van der Waals surface area contributed by atoms with Crippen LogP contribution in [0.5, 0.6) is 0 Å². The molecular weight excluding hydrogens is 943 g/mol. The van der Waals surface area contributed by atoms with Crippen molar-refractivity contribution >= 4 is 5.91 Å². The van der Waals surface area contributed by atoms with Gasteiger partial charge in [-0.05, 0) is 202 Å². The van der Waals surface area contributed by atoms with Crippen molar-refractivity contribution in [3.63, 3.8) is 0 Å². The quantitative estimate of drug-likeness (QED) is 0.207. The van der Waals surface area contributed by atoms with E-state index in [1.54, 1.807) is 0 Å². The van der Waals surface area contributed by atoms with E-state index in [0.29, 0.717) is 12.2 Å². The van der Waals surface area contributed by atoms with Crippen LogP contribution in [0.15, 0.2) is 0 Å². The summed E-state index contributed by atoms with van der Waals surface area (Å²) in [7, 11) is 11.0. The van der Waals surface area contributed by atoms with E-state index in [-0.39, 0.29) is 11.8 Å². The summed E-state index contributed by atoms with van der Waals surface area (Å²) in [5.41, 5.74) is 0. The fraction of sp³-hybridized carbons (Fsp3) is 0.984. The molecule has 13 heteroatoms. The van der Waals surface area contributed by atoms with Crippen LogP contribution in [-0.2, 0) is 9.53 Å². The molecule has 0 spiro atoms. The van der Waals surface area contributed by atoms with E-state index in [0.717, 1.165) is 112 Å². The minimum Gasteiger partial charge on any atom is -0.375 e. The lowest BCUT2D eigenvalue weighted by molar-refractivity contribution is -0.135. The normalized spacial score (nSPS) is 22.9. The lowest BCUT2D eigenvalue weighted by atomic mass is 9.87. The molecule has 8 fully saturated rings. The Hall–Kier alpha value is -0.970. The van der Waals surface area contributed by atoms with E-state index in [2.05, 4.69) is 182 Å². The zero-order valence-corrected chi connectivity index (χ0v) is 54.7. The number of piperazine rings is 3. The fourth-order valence-corrected chi connectivity index (χ4v) is 10.8. The molecule has 8 aliphatic heterocycles. The fourth-order valence-electron chi connectivity index (χ4n) is 10.8. The van der Waals surface area contributed by atoms with E-state index in [1.165, 1.54) is 130 Å². The molecule has 8 aliphatic rings. The highest BCUT2D eigenvalue weighted by Gasteiger charge is 2.27. The Bertz CT molecular complexity index is 1250. The third-order valence-corrected chi connectivity index (χ3v) is 17.3. The summed E-state index contributed by atoms with van der Waals surface area (Å²) >= 11 is 0. The van der Waals surface area contributed by atoms with Gasteiger partial charge >= 0.3 is 0 Å². The van der Waals surface area contributed by atoms with Crippen molar-refractivity contribution in [1.82, 2.24) is 55.1 Å². The second-order valence-corrected chi connectivity index (χ2v) is 26.9. The molecule has 1 amide bonds. The topological polar surface area (TPSA) is 88.3 Å². The summed E-state index contributed by atoms with van der Waals surface area (Å²) in [5.74, 6) is 7.98. The van der Waals surface area contributed by atoms with Gasteiger partial charge in [0.25, 0.3) is 0 Å². The molecule has 0 aromatic rings. The number of carbonyl (C=O) groups excluding carboxylic acids is 1. The first-order valence-corrected chi connectivity index (χ1v) is 31.8. The number of amides is 1. The van der Waals surface area contributed by atoms with Crippen LogP contribution < -0.4 is 16.0 Å². The minimum atomic E-state index is 0.146. The highest BCUT2D eigenvalue weighted by Crippen LogP contribution is 2.25. The molecule has 8 rings (SSSR count). The lowest BCUT2D eigenvalue weighted by Crippen LogP contribution is -2.47. The van der Waals surface area contributed by atoms with Crippen molar-refractivity contribution in [3.8, 4) is 0 Å². The van der Waals surface area contributed by atoms with Gasteiger partial charge in [0, 0.05) is 123 Å². The van der Waals surface area contributed by atoms with Gasteiger partial charge in [-0.1, -0.05) is 69.2 Å². The van der Waals surface area contributed by atoms with Gasteiger partial charge in [-0.3, -0.25) is 14.6 Å². The van der Waals surface area contributed by atoms with Crippen LogP contribution in [-0.4, -0.2) is 249 Å². The van der Waals surface area contributed by atoms with Crippen molar-refractivity contribution in [2.45, 2.75) is 174 Å². The molecule has 0 bridgehead atoms. The number of carbonyl (C=O) groups is 1. The van der Waals surface area contributed by atoms with Gasteiger partial charge in [0.15, 0.2) is 0 Å². The predicted octanol–water partition coefficient (Wildman–Crippen LogP) is 8.56. The first-order chi connectivity index (χ1) is 35.8. The van der Waals surface area contributed by atoms with Crippen LogP contribution in [0.1, 0.15) is 149 Å². The molecule has 8 heterocycles. The maximum atomic E-state index is 11.4. The third-order valence-electron chi connectivity index (χ3n) is 17.3. The Kier molecular flexibility index (Phi) is 40.3. The number of rotatable bonds is 9. The van der Waals surface area contributed by atoms with Crippen LogP contribution in [0.4, 0.5) is 0 Å². The molecule has 0 unspecified atom stereocenters. The second kappa shape index (κ2) is 41.9. The molecule has 0 aromatic heterocycles. The molecule has 0 radical (unpaired) electrons. The van der Waals surface area contributed by atoms with E-state index in [9.17, 15) is 4.79 Å². The van der Waals surface area contributed by atoms with E-state index in [4.69, 9.17) is 4.74 Å². The first-order valence-electron chi connectivity index (χ1n) is 31.8. The number of piperidine rings is 3. The number of nitrogens with one attached hydrogen (secondary N) is 3. The van der Waals surface area contributed by atoms with Crippen LogP contribution in [0.3, 0.4) is 0 Å². The number of nitrogens with zero attached hydrogens (tertiary/aromatic N) is 8. The van der Waals surface area contributed by atoms with Gasteiger partial charge in [-0.2, -0.15) is 0 Å². The van der Waals surface area contributed by atoms with Gasteiger partial charge in [-0.15, -0.1) is 0 Å². The highest BCUT2D eigenvalue weighted by molar-refractivity contribution is 5.78. The predicted molar refractivity (Wildman–Crippen MR) is 332 cm³/mol. The summed E-state index contributed by atoms with van der Waals surface area (Å²) in [6.45, 7) is 61.8. The zero-order valence-electron chi connectivity index (χ0n) is 54.7. The zero-order chi connectivity index (χ0) is 57.3. The number of hydrogen-bond donors (Lipinski definition) is 3. The summed E-state index contributed by atoms with van der Waals surface area (Å²) in [6, 6.07) is 1.46. The van der Waals surface area contributed by atoms with Crippen LogP contribution in [0.25, 0.3) is 0 Å². The largest absolute Gasteiger partial charge is 0.375 e. The van der Waals surface area contributed by atoms with E-state index in [1.807, 2.05) is 18.7 Å². The summed E-state index contributed by atoms with van der Waals surface area (Å²) in [5, 5.41) is 9.85. The maximum absolute atomic E-state index is 11.4. The minimum absolute atomic E-state index is 0.146. The molecule has 0 aliphatic carbocycles. The number of hydrogen-bond acceptors (Lipinski definition) is 12. The van der Waals surface area contributed by atoms with Crippen molar-refractivity contribution < 1.29 is 9.53 Å². The molecule has 3 N–H and O–H groups in total. The van der Waals surface area contributed by atoms with Crippen LogP contribution in [0, 0.1) is 53.3 Å². The number of ether oxygens (including phenoxy) is 1. The number of likely N-dealkylation sites (tertiary alicyclic amines) is 4. The summed E-state index contributed by atoms with van der Waals surface area (Å²) < 4.78 is 5.65. The average Bonchev–Trinajstić information content (AvgIpc) is 3.36. The van der Waals surface area contributed by atoms with Crippen molar-refractivity contribution in [2.75, 3.05) is 179 Å². The van der Waals surface area contributed by atoms with Crippen LogP contribution >= 0.6 is 0 Å². The summed E-state index contributed by atoms with van der Waals surface area (Å²) in [4.78, 5) is 30.3. The maximum Gasteiger partial charge on any atom is 0.225 e. The van der Waals surface area contributed by atoms with E-state index < -0.39 is 0 Å². The Balaban J connectivity index is 0.000000435. The van der Waals surface area contributed by atoms with Crippen molar-refractivity contribution in [2.24, 2.45) is 53.3 Å². The second-order valence-electron chi connectivity index (χ2n) is 26.9. The molecule has 8 saturated heterocycles. The van der Waals surface area contributed by atoms with Gasteiger partial charge in [-0.25, -0.2) is 0 Å². The smallest absolute Gasteiger partial charge is 0.225 e. The molecule has 0 atom stereocenters. The van der Waals surface area contributed by atoms with Gasteiger partial charge in [0.1, 0.15) is 0 Å². The Labute approximate surface area is 474 Å². The van der Waals surface area contributed by atoms with Crippen LogP contribution in [0.2, 0.25) is 0 Å². The monoisotopic (exact) mass is 1080 g/mol. The highest BCUT2D eigenvalue weighted by atomic mass is 16.5. The van der Waals surface area contributed by atoms with Crippen molar-refractivity contribution in [3.05, 3.63) is 0 Å². The Morgan fingerprint density at radius 3 is 0.961 bits per heavy atom. The molecule has 454 valence electrons. The van der Waals surface area contributed by atoms with Gasteiger partial charge in [0.2, 0.25) is 5.91 Å². The molecule has 0 saturated carbocycles. The van der Waals surface area contributed by atoms with Gasteiger partial charge in [0.05, 0.1) is 12.2 Å². The van der Waals surface area contributed by atoms with Gasteiger partial charge < -0.3 is 50.1 Å². The molecular formula is C63H135N11O2. The van der Waals surface area contributed by atoms with Crippen molar-refractivity contribution in [1.29, 1.82) is 0 Å². The van der Waals surface area contributed by atoms with E-state index >= 15 is 0 Å². The Morgan fingerprint density at radius 2 is 0.684 bits per heavy atom. The molecule has 0 aromatic carbocycles. The average molecular weight is 1080 g/mol. The summed E-state index contributed by atoms with van der Waals surface area (Å²) in [6.07, 6.45) is 8.91. The SMILES string of the molecule is CC(C)C(=O)N1CCNCC1.CC(C)C1CCN(C)CC1.CC(C)C1CCN(C)CC1.CC(C)C1CN(C)C1.CC(C)C1CN(C)C1.CC(C)N1CCN(C)CC1.CC(C)N1CCNCC1.CC(C)OC1CCNCC1. The molecule has 76 heavy (non-hydrogen) atoms. The third kappa shape index (κ3) is 34.3. The standard InChI is InChI=1S/2C9H19N.C8H16N2O.C8H18N2.C8H17NO.C7H16N2.2C7H15N/c2*1-8(2)9-4-6-10(3)7-5-9;1-7(2)8(11)10-5-3-9-4-6-10;1-8(2)10-6-4-9(3)5-7-10;1-7(2)10-8-3-5-9-6-4-8;1-7(2)9-5-3-8-4-6-9;2*1-6(2)7-4-8(3)5-7/h2*8-9H,4-7H2,1-3H3;7,9H,3-6H2,1-2H3;8H,4-7H2,1-3H3;7-9H,3-6H2,1-2H3;7-8H,3-6H2,1-2H3;2*6-7H,4-5H2,1-3H3.